The van der Waals surface area contributed by atoms with Gasteiger partial charge >= 0.3 is 0 Å². The molecule has 0 aromatic heterocycles. The molecule has 1 N–H and O–H groups in total. The molecule has 0 bridgehead atoms. The van der Waals surface area contributed by atoms with Gasteiger partial charge in [-0.2, -0.15) is 0 Å². The number of carbonyl (C=O) groups is 3. The molecule has 1 heterocycles. The number of halogens is 1. The number of imide groups is 1. The number of carbonyl (C=O) groups excluding carboxylic acids is 3. The molecule has 26 heavy (non-hydrogen) atoms. The molecule has 3 unspecified atom stereocenters. The third-order valence-corrected chi connectivity index (χ3v) is 5.68. The zero-order valence-electron chi connectivity index (χ0n) is 14.9. The van der Waals surface area contributed by atoms with E-state index in [4.69, 9.17) is 0 Å². The summed E-state index contributed by atoms with van der Waals surface area (Å²) in [6, 6.07) is 6.69. The number of benzene rings is 1. The average Bonchev–Trinajstić information content (AvgIpc) is 2.86. The molecule has 0 spiro atoms. The number of amides is 3. The molecule has 6 heteroatoms. The number of nitrogens with one attached hydrogen (secondary N) is 1. The monoisotopic (exact) mass is 466 g/mol. The Morgan fingerprint density at radius 3 is 2.15 bits per heavy atom. The maximum absolute atomic E-state index is 12.9. The van der Waals surface area contributed by atoms with Crippen molar-refractivity contribution in [1.82, 2.24) is 4.90 Å². The van der Waals surface area contributed by atoms with Crippen molar-refractivity contribution in [1.29, 1.82) is 0 Å². The lowest BCUT2D eigenvalue weighted by molar-refractivity contribution is -0.147. The summed E-state index contributed by atoms with van der Waals surface area (Å²) in [6.07, 6.45) is 5.54. The Morgan fingerprint density at radius 2 is 1.65 bits per heavy atom. The number of nitrogens with zero attached hydrogens (tertiary/aromatic N) is 1. The molecule has 0 saturated carbocycles. The number of likely N-dealkylation sites (tertiary alicyclic amines) is 1. The molecule has 3 atom stereocenters. The molecule has 1 fully saturated rings. The fourth-order valence-electron chi connectivity index (χ4n) is 3.67. The molecule has 5 nitrogen and oxygen atoms in total. The van der Waals surface area contributed by atoms with Gasteiger partial charge in [-0.3, -0.25) is 19.3 Å². The van der Waals surface area contributed by atoms with Gasteiger partial charge in [0.1, 0.15) is 6.04 Å². The van der Waals surface area contributed by atoms with E-state index in [9.17, 15) is 14.4 Å². The minimum Gasteiger partial charge on any atom is -0.324 e. The SMILES string of the molecule is CC(C)CC(C(=O)Nc1ccc(I)cc1)N1C(=O)C2CC=CCC2C1=O. The molecule has 1 aromatic carbocycles. The molecule has 3 rings (SSSR count). The Kier molecular flexibility index (Phi) is 5.79. The van der Waals surface area contributed by atoms with Crippen LogP contribution in [0.3, 0.4) is 0 Å². The van der Waals surface area contributed by atoms with E-state index in [1.807, 2.05) is 50.3 Å². The summed E-state index contributed by atoms with van der Waals surface area (Å²) in [7, 11) is 0. The van der Waals surface area contributed by atoms with Crippen LogP contribution >= 0.6 is 22.6 Å². The van der Waals surface area contributed by atoms with Crippen molar-refractivity contribution in [2.75, 3.05) is 5.32 Å². The smallest absolute Gasteiger partial charge is 0.247 e. The van der Waals surface area contributed by atoms with Crippen molar-refractivity contribution in [3.05, 3.63) is 40.0 Å². The number of hydrogen-bond donors (Lipinski definition) is 1. The summed E-state index contributed by atoms with van der Waals surface area (Å²) in [5.74, 6) is -1.14. The predicted octanol–water partition coefficient (Wildman–Crippen LogP) is 3.60. The number of allylic oxidation sites excluding steroid dienone is 2. The Labute approximate surface area is 167 Å². The second kappa shape index (κ2) is 7.90. The van der Waals surface area contributed by atoms with E-state index in [0.717, 1.165) is 3.57 Å². The Morgan fingerprint density at radius 1 is 1.12 bits per heavy atom. The summed E-state index contributed by atoms with van der Waals surface area (Å²) >= 11 is 2.20. The molecule has 0 radical (unpaired) electrons. The molecule has 1 aliphatic carbocycles. The quantitative estimate of drug-likeness (QED) is 0.410. The number of hydrogen-bond acceptors (Lipinski definition) is 3. The third-order valence-electron chi connectivity index (χ3n) is 4.96. The van der Waals surface area contributed by atoms with E-state index < -0.39 is 6.04 Å². The molecule has 1 aromatic rings. The lowest BCUT2D eigenvalue weighted by Crippen LogP contribution is -2.48. The summed E-state index contributed by atoms with van der Waals surface area (Å²) < 4.78 is 1.07. The summed E-state index contributed by atoms with van der Waals surface area (Å²) in [4.78, 5) is 39.9. The highest BCUT2D eigenvalue weighted by Crippen LogP contribution is 2.37. The second-order valence-electron chi connectivity index (χ2n) is 7.34. The van der Waals surface area contributed by atoms with Crippen LogP contribution in [0.1, 0.15) is 33.1 Å². The maximum Gasteiger partial charge on any atom is 0.247 e. The summed E-state index contributed by atoms with van der Waals surface area (Å²) in [6.45, 7) is 3.98. The van der Waals surface area contributed by atoms with Crippen molar-refractivity contribution < 1.29 is 14.4 Å². The van der Waals surface area contributed by atoms with Crippen molar-refractivity contribution in [2.45, 2.75) is 39.2 Å². The van der Waals surface area contributed by atoms with Crippen LogP contribution in [0.15, 0.2) is 36.4 Å². The minimum atomic E-state index is -0.764. The van der Waals surface area contributed by atoms with Crippen LogP contribution < -0.4 is 5.32 Å². The lowest BCUT2D eigenvalue weighted by Gasteiger charge is -2.27. The van der Waals surface area contributed by atoms with Crippen LogP contribution in [0.25, 0.3) is 0 Å². The maximum atomic E-state index is 12.9. The molecule has 2 aliphatic rings. The van der Waals surface area contributed by atoms with E-state index in [1.165, 1.54) is 4.90 Å². The van der Waals surface area contributed by atoms with E-state index in [-0.39, 0.29) is 35.5 Å². The van der Waals surface area contributed by atoms with Crippen LogP contribution in [0.2, 0.25) is 0 Å². The van der Waals surface area contributed by atoms with Gasteiger partial charge in [0.2, 0.25) is 17.7 Å². The first kappa shape index (κ1) is 19.1. The fourth-order valence-corrected chi connectivity index (χ4v) is 4.03. The van der Waals surface area contributed by atoms with Gasteiger partial charge in [-0.15, -0.1) is 0 Å². The van der Waals surface area contributed by atoms with Gasteiger partial charge in [-0.05, 0) is 72.0 Å². The van der Waals surface area contributed by atoms with Crippen LogP contribution in [0.4, 0.5) is 5.69 Å². The summed E-state index contributed by atoms with van der Waals surface area (Å²) in [5, 5.41) is 2.87. The Hall–Kier alpha value is -1.70. The highest BCUT2D eigenvalue weighted by Gasteiger charge is 2.51. The molecular formula is C20H23IN2O3. The third kappa shape index (κ3) is 3.84. The normalized spacial score (nSPS) is 23.3. The van der Waals surface area contributed by atoms with E-state index in [0.29, 0.717) is 24.9 Å². The first-order valence-corrected chi connectivity index (χ1v) is 10.0. The highest BCUT2D eigenvalue weighted by atomic mass is 127. The molecule has 1 aliphatic heterocycles. The van der Waals surface area contributed by atoms with Gasteiger partial charge in [-0.25, -0.2) is 0 Å². The zero-order chi connectivity index (χ0) is 18.8. The van der Waals surface area contributed by atoms with Crippen molar-refractivity contribution >= 4 is 46.0 Å². The number of anilines is 1. The van der Waals surface area contributed by atoms with E-state index >= 15 is 0 Å². The molecular weight excluding hydrogens is 443 g/mol. The van der Waals surface area contributed by atoms with E-state index in [1.54, 1.807) is 0 Å². The van der Waals surface area contributed by atoms with Crippen LogP contribution in [0.5, 0.6) is 0 Å². The topological polar surface area (TPSA) is 66.5 Å². The summed E-state index contributed by atoms with van der Waals surface area (Å²) in [5.41, 5.74) is 0.669. The van der Waals surface area contributed by atoms with Gasteiger partial charge in [-0.1, -0.05) is 26.0 Å². The Bertz CT molecular complexity index is 716. The average molecular weight is 466 g/mol. The molecule has 1 saturated heterocycles. The minimum absolute atomic E-state index is 0.184. The first-order chi connectivity index (χ1) is 12.4. The van der Waals surface area contributed by atoms with Crippen LogP contribution in [-0.4, -0.2) is 28.7 Å². The van der Waals surface area contributed by atoms with E-state index in [2.05, 4.69) is 27.9 Å². The number of rotatable bonds is 5. The lowest BCUT2D eigenvalue weighted by atomic mass is 9.85. The zero-order valence-corrected chi connectivity index (χ0v) is 17.1. The standard InChI is InChI=1S/C20H23IN2O3/c1-12(2)11-17(18(24)22-14-9-7-13(21)8-10-14)23-19(25)15-5-3-4-6-16(15)20(23)26/h3-4,7-10,12,15-17H,5-6,11H2,1-2H3,(H,22,24). The largest absolute Gasteiger partial charge is 0.324 e. The van der Waals surface area contributed by atoms with Crippen molar-refractivity contribution in [3.8, 4) is 0 Å². The van der Waals surface area contributed by atoms with Gasteiger partial charge in [0.25, 0.3) is 0 Å². The fraction of sp³-hybridized carbons (Fsp3) is 0.450. The van der Waals surface area contributed by atoms with Gasteiger partial charge in [0.05, 0.1) is 11.8 Å². The van der Waals surface area contributed by atoms with Gasteiger partial charge < -0.3 is 5.32 Å². The van der Waals surface area contributed by atoms with Gasteiger partial charge in [0, 0.05) is 9.26 Å². The molecule has 138 valence electrons. The van der Waals surface area contributed by atoms with Crippen molar-refractivity contribution in [3.63, 3.8) is 0 Å². The predicted molar refractivity (Wildman–Crippen MR) is 108 cm³/mol. The van der Waals surface area contributed by atoms with Crippen LogP contribution in [-0.2, 0) is 14.4 Å². The second-order valence-corrected chi connectivity index (χ2v) is 8.59. The number of fused-ring (bicyclic) bond motifs is 1. The van der Waals surface area contributed by atoms with Crippen molar-refractivity contribution in [2.24, 2.45) is 17.8 Å². The molecule has 3 amide bonds. The van der Waals surface area contributed by atoms with Crippen LogP contribution in [0, 0.1) is 21.3 Å². The first-order valence-electron chi connectivity index (χ1n) is 8.97. The van der Waals surface area contributed by atoms with Gasteiger partial charge in [0.15, 0.2) is 0 Å². The Balaban J connectivity index is 1.83. The highest BCUT2D eigenvalue weighted by molar-refractivity contribution is 14.1.